The van der Waals surface area contributed by atoms with Crippen LogP contribution in [0.15, 0.2) is 36.9 Å². The number of phenols is 1. The van der Waals surface area contributed by atoms with Crippen molar-refractivity contribution in [3.05, 3.63) is 70.3 Å². The van der Waals surface area contributed by atoms with Crippen molar-refractivity contribution >= 4 is 5.97 Å². The lowest BCUT2D eigenvalue weighted by molar-refractivity contribution is -0.129. The van der Waals surface area contributed by atoms with Gasteiger partial charge in [0, 0.05) is 40.8 Å². The Morgan fingerprint density at radius 3 is 2.15 bits per heavy atom. The van der Waals surface area contributed by atoms with Gasteiger partial charge in [-0.3, -0.25) is 0 Å². The summed E-state index contributed by atoms with van der Waals surface area (Å²) in [5.41, 5.74) is 11.2. The van der Waals surface area contributed by atoms with Gasteiger partial charge in [-0.15, -0.1) is 0 Å². The highest BCUT2D eigenvalue weighted by molar-refractivity contribution is 5.84. The highest BCUT2D eigenvalue weighted by atomic mass is 16.5. The number of carbonyl (C=O) groups is 1. The molecule has 33 heavy (non-hydrogen) atoms. The minimum atomic E-state index is -0.502. The number of aryl methyl sites for hydroxylation is 1. The monoisotopic (exact) mass is 451 g/mol. The molecule has 0 aliphatic rings. The summed E-state index contributed by atoms with van der Waals surface area (Å²) in [5.74, 6) is 0.115. The molecular formula is C29H41NO3. The number of rotatable bonds is 9. The maximum absolute atomic E-state index is 12.3. The number of esters is 1. The highest BCUT2D eigenvalue weighted by Crippen LogP contribution is 2.46. The zero-order chi connectivity index (χ0) is 25.1. The van der Waals surface area contributed by atoms with Crippen molar-refractivity contribution in [1.29, 1.82) is 0 Å². The number of hydrogen-bond donors (Lipinski definition) is 2. The molecule has 0 saturated carbocycles. The van der Waals surface area contributed by atoms with E-state index in [0.29, 0.717) is 18.0 Å². The summed E-state index contributed by atoms with van der Waals surface area (Å²) in [4.78, 5) is 12.3. The minimum absolute atomic E-state index is 0.169. The Morgan fingerprint density at radius 2 is 1.64 bits per heavy atom. The third-order valence-corrected chi connectivity index (χ3v) is 7.23. The first-order chi connectivity index (χ1) is 15.3. The second kappa shape index (κ2) is 10.1. The van der Waals surface area contributed by atoms with E-state index in [-0.39, 0.29) is 16.7 Å². The molecule has 0 fully saturated rings. The van der Waals surface area contributed by atoms with E-state index in [0.717, 1.165) is 46.2 Å². The molecule has 4 nitrogen and oxygen atoms in total. The number of phenolic OH excluding ortho intramolecular Hbond substituents is 1. The van der Waals surface area contributed by atoms with Crippen molar-refractivity contribution in [2.24, 2.45) is 5.73 Å². The van der Waals surface area contributed by atoms with Crippen LogP contribution < -0.4 is 10.5 Å². The van der Waals surface area contributed by atoms with Gasteiger partial charge in [0.05, 0.1) is 0 Å². The standard InChI is InChI=1S/C29H41NO3/c1-10-25(31)33-27-22(15-20(17-30)16-24(27)29(8,9)12-3)19(5)21-13-18(4)14-23(26(21)32)28(6,7)11-2/h10,13-16,19,32H,1,11-12,17,30H2,2-9H3. The van der Waals surface area contributed by atoms with E-state index >= 15 is 0 Å². The second-order valence-corrected chi connectivity index (χ2v) is 10.3. The fraction of sp³-hybridized carbons (Fsp3) is 0.483. The summed E-state index contributed by atoms with van der Waals surface area (Å²) in [6.45, 7) is 20.8. The van der Waals surface area contributed by atoms with Crippen LogP contribution in [0.25, 0.3) is 0 Å². The quantitative estimate of drug-likeness (QED) is 0.250. The number of carbonyl (C=O) groups excluding carboxylic acids is 1. The molecule has 0 aromatic heterocycles. The van der Waals surface area contributed by atoms with Gasteiger partial charge < -0.3 is 15.6 Å². The Bertz CT molecular complexity index is 1030. The van der Waals surface area contributed by atoms with Crippen LogP contribution in [0.3, 0.4) is 0 Å². The third kappa shape index (κ3) is 5.50. The predicted octanol–water partition coefficient (Wildman–Crippen LogP) is 6.78. The largest absolute Gasteiger partial charge is 0.507 e. The molecule has 1 atom stereocenters. The first-order valence-corrected chi connectivity index (χ1v) is 11.9. The number of nitrogens with two attached hydrogens (primary N) is 1. The molecule has 0 heterocycles. The lowest BCUT2D eigenvalue weighted by atomic mass is 9.76. The van der Waals surface area contributed by atoms with Gasteiger partial charge in [0.15, 0.2) is 0 Å². The van der Waals surface area contributed by atoms with Crippen LogP contribution in [-0.4, -0.2) is 11.1 Å². The Labute approximate surface area is 199 Å². The molecule has 2 aromatic carbocycles. The molecule has 0 aliphatic carbocycles. The van der Waals surface area contributed by atoms with E-state index in [1.165, 1.54) is 6.08 Å². The van der Waals surface area contributed by atoms with Crippen LogP contribution in [0.4, 0.5) is 0 Å². The van der Waals surface area contributed by atoms with Crippen LogP contribution >= 0.6 is 0 Å². The lowest BCUT2D eigenvalue weighted by Crippen LogP contribution is -2.21. The summed E-state index contributed by atoms with van der Waals surface area (Å²) in [6, 6.07) is 8.12. The summed E-state index contributed by atoms with van der Waals surface area (Å²) in [6.07, 6.45) is 2.94. The molecule has 2 rings (SSSR count). The van der Waals surface area contributed by atoms with Gasteiger partial charge in [-0.05, 0) is 36.2 Å². The molecule has 2 aromatic rings. The van der Waals surface area contributed by atoms with Crippen molar-refractivity contribution in [3.63, 3.8) is 0 Å². The number of aromatic hydroxyl groups is 1. The van der Waals surface area contributed by atoms with Crippen molar-refractivity contribution < 1.29 is 14.6 Å². The molecule has 0 aliphatic heterocycles. The summed E-state index contributed by atoms with van der Waals surface area (Å²) in [5, 5.41) is 11.4. The zero-order valence-corrected chi connectivity index (χ0v) is 21.6. The molecule has 3 N–H and O–H groups in total. The van der Waals surface area contributed by atoms with E-state index in [1.807, 2.05) is 32.0 Å². The number of ether oxygens (including phenoxy) is 1. The van der Waals surface area contributed by atoms with E-state index in [2.05, 4.69) is 54.2 Å². The highest BCUT2D eigenvalue weighted by Gasteiger charge is 2.31. The molecule has 180 valence electrons. The number of hydrogen-bond acceptors (Lipinski definition) is 4. The normalized spacial score (nSPS) is 13.0. The molecular weight excluding hydrogens is 410 g/mol. The molecule has 0 amide bonds. The van der Waals surface area contributed by atoms with Crippen LogP contribution in [0.1, 0.15) is 101 Å². The summed E-state index contributed by atoms with van der Waals surface area (Å²) in [7, 11) is 0. The topological polar surface area (TPSA) is 72.5 Å². The summed E-state index contributed by atoms with van der Waals surface area (Å²) < 4.78 is 5.87. The predicted molar refractivity (Wildman–Crippen MR) is 137 cm³/mol. The Balaban J connectivity index is 2.87. The molecule has 0 radical (unpaired) electrons. The van der Waals surface area contributed by atoms with Crippen LogP contribution in [0.2, 0.25) is 0 Å². The maximum atomic E-state index is 12.3. The van der Waals surface area contributed by atoms with Gasteiger partial charge in [-0.2, -0.15) is 0 Å². The van der Waals surface area contributed by atoms with Crippen molar-refractivity contribution in [2.75, 3.05) is 0 Å². The van der Waals surface area contributed by atoms with Gasteiger partial charge in [-0.25, -0.2) is 4.79 Å². The van der Waals surface area contributed by atoms with Gasteiger partial charge in [0.1, 0.15) is 11.5 Å². The third-order valence-electron chi connectivity index (χ3n) is 7.23. The van der Waals surface area contributed by atoms with Crippen molar-refractivity contribution in [2.45, 2.75) is 91.5 Å². The first kappa shape index (κ1) is 26.7. The smallest absolute Gasteiger partial charge is 0.335 e. The van der Waals surface area contributed by atoms with Gasteiger partial charge >= 0.3 is 5.97 Å². The van der Waals surface area contributed by atoms with Crippen LogP contribution in [0.5, 0.6) is 11.5 Å². The minimum Gasteiger partial charge on any atom is -0.507 e. The fourth-order valence-electron chi connectivity index (χ4n) is 4.11. The van der Waals surface area contributed by atoms with Gasteiger partial charge in [0.25, 0.3) is 0 Å². The first-order valence-electron chi connectivity index (χ1n) is 11.9. The Kier molecular flexibility index (Phi) is 8.18. The molecule has 0 saturated heterocycles. The van der Waals surface area contributed by atoms with Crippen LogP contribution in [-0.2, 0) is 22.2 Å². The maximum Gasteiger partial charge on any atom is 0.335 e. The molecule has 1 unspecified atom stereocenters. The Hall–Kier alpha value is -2.59. The Morgan fingerprint density at radius 1 is 1.06 bits per heavy atom. The fourth-order valence-corrected chi connectivity index (χ4v) is 4.11. The lowest BCUT2D eigenvalue weighted by Gasteiger charge is -2.31. The molecule has 0 spiro atoms. The van der Waals surface area contributed by atoms with Crippen molar-refractivity contribution in [3.8, 4) is 11.5 Å². The van der Waals surface area contributed by atoms with E-state index in [4.69, 9.17) is 10.5 Å². The van der Waals surface area contributed by atoms with E-state index < -0.39 is 5.97 Å². The average molecular weight is 452 g/mol. The number of benzene rings is 2. The van der Waals surface area contributed by atoms with E-state index in [1.54, 1.807) is 0 Å². The second-order valence-electron chi connectivity index (χ2n) is 10.3. The van der Waals surface area contributed by atoms with Crippen molar-refractivity contribution in [1.82, 2.24) is 0 Å². The van der Waals surface area contributed by atoms with Gasteiger partial charge in [-0.1, -0.05) is 84.9 Å². The van der Waals surface area contributed by atoms with Gasteiger partial charge in [0.2, 0.25) is 0 Å². The summed E-state index contributed by atoms with van der Waals surface area (Å²) >= 11 is 0. The zero-order valence-electron chi connectivity index (χ0n) is 21.6. The van der Waals surface area contributed by atoms with E-state index in [9.17, 15) is 9.90 Å². The molecule has 0 bridgehead atoms. The van der Waals surface area contributed by atoms with Crippen LogP contribution in [0, 0.1) is 6.92 Å². The average Bonchev–Trinajstić information content (AvgIpc) is 2.79. The SMILES string of the molecule is C=CC(=O)Oc1c(C(C)c2cc(C)cc(C(C)(C)CC)c2O)cc(CN)cc1C(C)(C)CC. The molecule has 4 heteroatoms.